The van der Waals surface area contributed by atoms with E-state index in [-0.39, 0.29) is 19.3 Å². The van der Waals surface area contributed by atoms with Gasteiger partial charge in [0.05, 0.1) is 19.8 Å². The Morgan fingerprint density at radius 3 is 2.67 bits per heavy atom. The number of ether oxygens (including phenoxy) is 1. The third-order valence-electron chi connectivity index (χ3n) is 0.768. The van der Waals surface area contributed by atoms with Crippen molar-refractivity contribution < 1.29 is 20.0 Å². The molecule has 0 fully saturated rings. The van der Waals surface area contributed by atoms with Gasteiger partial charge in [0, 0.05) is 0 Å². The summed E-state index contributed by atoms with van der Waals surface area (Å²) in [5, 5.41) is 16.2. The molecule has 0 saturated carbocycles. The van der Waals surface area contributed by atoms with Crippen molar-refractivity contribution in [3.8, 4) is 0 Å². The highest BCUT2D eigenvalue weighted by Gasteiger charge is 1.98. The maximum Gasteiger partial charge on any atom is 0.113 e. The summed E-state index contributed by atoms with van der Waals surface area (Å²) in [5.74, 6) is 0. The lowest BCUT2D eigenvalue weighted by Gasteiger charge is -2.05. The summed E-state index contributed by atoms with van der Waals surface area (Å²) in [6.45, 7) is 2.25. The zero-order chi connectivity index (χ0) is 7.11. The Hall–Kier alpha value is -0.160. The molecule has 0 saturated heterocycles. The fourth-order valence-corrected chi connectivity index (χ4v) is 0.344. The van der Waals surface area contributed by atoms with E-state index in [1.54, 1.807) is 6.92 Å². The third kappa shape index (κ3) is 5.72. The van der Waals surface area contributed by atoms with Crippen LogP contribution in [-0.4, -0.2) is 36.3 Å². The van der Waals surface area contributed by atoms with Crippen molar-refractivity contribution >= 4 is 0 Å². The largest absolute Gasteiger partial charge is 0.394 e. The first kappa shape index (κ1) is 8.84. The summed E-state index contributed by atoms with van der Waals surface area (Å²) in [6.07, 6.45) is -0.323. The molecule has 0 aliphatic rings. The molecule has 0 aromatic heterocycles. The quantitative estimate of drug-likeness (QED) is 0.314. The summed E-state index contributed by atoms with van der Waals surface area (Å²) >= 11 is 0. The zero-order valence-electron chi connectivity index (χ0n) is 5.41. The molecule has 4 nitrogen and oxygen atoms in total. The second-order valence-corrected chi connectivity index (χ2v) is 1.71. The van der Waals surface area contributed by atoms with Crippen LogP contribution in [0.4, 0.5) is 0 Å². The van der Waals surface area contributed by atoms with Crippen molar-refractivity contribution in [3.63, 3.8) is 0 Å². The lowest BCUT2D eigenvalue weighted by Crippen LogP contribution is -2.15. The van der Waals surface area contributed by atoms with Crippen LogP contribution in [0.5, 0.6) is 0 Å². The molecule has 1 atom stereocenters. The normalized spacial score (nSPS) is 13.7. The standard InChI is InChI=1S/C5H12O4/c1-5(9-7)4-8-3-2-6/h5-7H,2-4H2,1H3. The molecule has 1 unspecified atom stereocenters. The van der Waals surface area contributed by atoms with Crippen LogP contribution in [0.25, 0.3) is 0 Å². The number of aliphatic hydroxyl groups is 1. The van der Waals surface area contributed by atoms with Gasteiger partial charge in [-0.25, -0.2) is 4.89 Å². The van der Waals surface area contributed by atoms with E-state index >= 15 is 0 Å². The van der Waals surface area contributed by atoms with E-state index in [0.717, 1.165) is 0 Å². The number of hydrogen-bond acceptors (Lipinski definition) is 4. The number of aliphatic hydroxyl groups excluding tert-OH is 1. The van der Waals surface area contributed by atoms with Crippen molar-refractivity contribution in [3.05, 3.63) is 0 Å². The van der Waals surface area contributed by atoms with E-state index in [1.807, 2.05) is 0 Å². The summed E-state index contributed by atoms with van der Waals surface area (Å²) in [5.41, 5.74) is 0. The molecule has 9 heavy (non-hydrogen) atoms. The molecule has 0 bridgehead atoms. The summed E-state index contributed by atoms with van der Waals surface area (Å²) < 4.78 is 4.80. The fraction of sp³-hybridized carbons (Fsp3) is 1.00. The van der Waals surface area contributed by atoms with Gasteiger partial charge in [0.1, 0.15) is 6.10 Å². The van der Waals surface area contributed by atoms with Gasteiger partial charge in [0.25, 0.3) is 0 Å². The minimum Gasteiger partial charge on any atom is -0.394 e. The fourth-order valence-electron chi connectivity index (χ4n) is 0.344. The van der Waals surface area contributed by atoms with Crippen LogP contribution < -0.4 is 0 Å². The summed E-state index contributed by atoms with van der Waals surface area (Å²) in [6, 6.07) is 0. The molecule has 0 aromatic rings. The molecule has 0 aliphatic carbocycles. The average Bonchev–Trinajstić information content (AvgIpc) is 1.89. The molecule has 0 rings (SSSR count). The van der Waals surface area contributed by atoms with Crippen LogP contribution in [0.3, 0.4) is 0 Å². The van der Waals surface area contributed by atoms with Gasteiger partial charge in [-0.15, -0.1) is 0 Å². The van der Waals surface area contributed by atoms with Crippen molar-refractivity contribution in [1.29, 1.82) is 0 Å². The smallest absolute Gasteiger partial charge is 0.113 e. The lowest BCUT2D eigenvalue weighted by molar-refractivity contribution is -0.282. The monoisotopic (exact) mass is 136 g/mol. The molecule has 0 radical (unpaired) electrons. The maximum atomic E-state index is 8.22. The zero-order valence-corrected chi connectivity index (χ0v) is 5.41. The first-order valence-electron chi connectivity index (χ1n) is 2.80. The molecule has 4 heteroatoms. The highest BCUT2D eigenvalue weighted by molar-refractivity contribution is 4.41. The van der Waals surface area contributed by atoms with Crippen LogP contribution in [0.2, 0.25) is 0 Å². The highest BCUT2D eigenvalue weighted by Crippen LogP contribution is 1.86. The van der Waals surface area contributed by atoms with Crippen molar-refractivity contribution in [2.45, 2.75) is 13.0 Å². The predicted molar refractivity (Wildman–Crippen MR) is 31.1 cm³/mol. The molecule has 0 spiro atoms. The van der Waals surface area contributed by atoms with Gasteiger partial charge in [0.2, 0.25) is 0 Å². The third-order valence-corrected chi connectivity index (χ3v) is 0.768. The van der Waals surface area contributed by atoms with Crippen molar-refractivity contribution in [1.82, 2.24) is 0 Å². The summed E-state index contributed by atoms with van der Waals surface area (Å²) in [4.78, 5) is 3.89. The Bertz CT molecular complexity index is 56.9. The van der Waals surface area contributed by atoms with E-state index in [9.17, 15) is 0 Å². The first-order chi connectivity index (χ1) is 4.31. The van der Waals surface area contributed by atoms with Crippen molar-refractivity contribution in [2.24, 2.45) is 0 Å². The molecule has 0 amide bonds. The summed E-state index contributed by atoms with van der Waals surface area (Å²) in [7, 11) is 0. The molecular weight excluding hydrogens is 124 g/mol. The Labute approximate surface area is 53.9 Å². The lowest BCUT2D eigenvalue weighted by atomic mass is 10.4. The minimum atomic E-state index is -0.323. The Balaban J connectivity index is 2.88. The second-order valence-electron chi connectivity index (χ2n) is 1.71. The van der Waals surface area contributed by atoms with Gasteiger partial charge < -0.3 is 9.84 Å². The first-order valence-corrected chi connectivity index (χ1v) is 2.80. The maximum absolute atomic E-state index is 8.22. The van der Waals surface area contributed by atoms with Crippen LogP contribution in [0.1, 0.15) is 6.92 Å². The van der Waals surface area contributed by atoms with E-state index < -0.39 is 0 Å². The molecule has 0 aromatic carbocycles. The van der Waals surface area contributed by atoms with E-state index in [4.69, 9.17) is 15.1 Å². The minimum absolute atomic E-state index is 0.00184. The molecule has 0 heterocycles. The Kier molecular flexibility index (Phi) is 5.86. The van der Waals surface area contributed by atoms with Crippen LogP contribution in [0.15, 0.2) is 0 Å². The molecule has 56 valence electrons. The molecule has 0 aliphatic heterocycles. The van der Waals surface area contributed by atoms with Gasteiger partial charge in [0.15, 0.2) is 0 Å². The topological polar surface area (TPSA) is 58.9 Å². The number of hydrogen-bond donors (Lipinski definition) is 2. The van der Waals surface area contributed by atoms with Gasteiger partial charge >= 0.3 is 0 Å². The number of rotatable bonds is 5. The second kappa shape index (κ2) is 5.97. The van der Waals surface area contributed by atoms with E-state index in [2.05, 4.69) is 4.89 Å². The van der Waals surface area contributed by atoms with Gasteiger partial charge in [-0.1, -0.05) is 0 Å². The SMILES string of the molecule is CC(COCCO)OO. The predicted octanol–water partition coefficient (Wildman–Crippen LogP) is -0.127. The van der Waals surface area contributed by atoms with Crippen LogP contribution >= 0.6 is 0 Å². The Morgan fingerprint density at radius 1 is 1.56 bits per heavy atom. The van der Waals surface area contributed by atoms with Gasteiger partial charge in [-0.05, 0) is 6.92 Å². The molecule has 2 N–H and O–H groups in total. The Morgan fingerprint density at radius 2 is 2.22 bits per heavy atom. The van der Waals surface area contributed by atoms with E-state index in [0.29, 0.717) is 6.61 Å². The van der Waals surface area contributed by atoms with Crippen LogP contribution in [-0.2, 0) is 9.62 Å². The van der Waals surface area contributed by atoms with Gasteiger partial charge in [-0.3, -0.25) is 5.26 Å². The van der Waals surface area contributed by atoms with Crippen molar-refractivity contribution in [2.75, 3.05) is 19.8 Å². The van der Waals surface area contributed by atoms with Gasteiger partial charge in [-0.2, -0.15) is 0 Å². The van der Waals surface area contributed by atoms with E-state index in [1.165, 1.54) is 0 Å². The molecular formula is C5H12O4. The average molecular weight is 136 g/mol. The highest BCUT2D eigenvalue weighted by atomic mass is 17.1. The van der Waals surface area contributed by atoms with Crippen LogP contribution in [0, 0.1) is 0 Å².